The molecule has 0 unspecified atom stereocenters. The highest BCUT2D eigenvalue weighted by molar-refractivity contribution is 9.10. The van der Waals surface area contributed by atoms with Crippen molar-refractivity contribution in [2.24, 2.45) is 0 Å². The van der Waals surface area contributed by atoms with Crippen molar-refractivity contribution in [1.82, 2.24) is 4.98 Å². The Labute approximate surface area is 97.2 Å². The van der Waals surface area contributed by atoms with Gasteiger partial charge in [-0.05, 0) is 19.1 Å². The molecular formula is C10H13BrN2O2. The van der Waals surface area contributed by atoms with Crippen LogP contribution in [0.3, 0.4) is 0 Å². The van der Waals surface area contributed by atoms with Crippen LogP contribution in [-0.2, 0) is 9.53 Å². The molecule has 82 valence electrons. The van der Waals surface area contributed by atoms with Crippen LogP contribution in [0.4, 0.5) is 5.82 Å². The van der Waals surface area contributed by atoms with Gasteiger partial charge in [0.1, 0.15) is 5.82 Å². The van der Waals surface area contributed by atoms with Gasteiger partial charge in [-0.15, -0.1) is 0 Å². The number of aromatic nitrogens is 1. The number of carbonyl (C=O) groups is 1. The van der Waals surface area contributed by atoms with Gasteiger partial charge in [0.05, 0.1) is 13.0 Å². The zero-order chi connectivity index (χ0) is 11.1. The number of nitrogens with one attached hydrogen (secondary N) is 1. The number of anilines is 1. The summed E-state index contributed by atoms with van der Waals surface area (Å²) in [6.07, 6.45) is 1.98. The molecule has 1 N–H and O–H groups in total. The van der Waals surface area contributed by atoms with Crippen molar-refractivity contribution in [3.63, 3.8) is 0 Å². The second-order valence-electron chi connectivity index (χ2n) is 2.85. The molecule has 1 rings (SSSR count). The number of rotatable bonds is 5. The van der Waals surface area contributed by atoms with E-state index in [-0.39, 0.29) is 5.91 Å². The predicted molar refractivity (Wildman–Crippen MR) is 61.7 cm³/mol. The second-order valence-corrected chi connectivity index (χ2v) is 3.77. The van der Waals surface area contributed by atoms with E-state index in [4.69, 9.17) is 4.74 Å². The van der Waals surface area contributed by atoms with Crippen LogP contribution in [-0.4, -0.2) is 24.1 Å². The predicted octanol–water partition coefficient (Wildman–Crippen LogP) is 2.21. The highest BCUT2D eigenvalue weighted by atomic mass is 79.9. The van der Waals surface area contributed by atoms with Crippen molar-refractivity contribution >= 4 is 27.7 Å². The molecule has 5 heteroatoms. The number of hydrogen-bond donors (Lipinski definition) is 1. The standard InChI is InChI=1S/C10H13BrN2O2/c1-2-15-6-4-10(14)13-9-7-8(11)3-5-12-9/h3,5,7H,2,4,6H2,1H3,(H,12,13,14). The molecule has 1 aromatic heterocycles. The van der Waals surface area contributed by atoms with E-state index in [1.807, 2.05) is 6.92 Å². The van der Waals surface area contributed by atoms with Gasteiger partial charge in [-0.25, -0.2) is 4.98 Å². The average molecular weight is 273 g/mol. The zero-order valence-electron chi connectivity index (χ0n) is 8.50. The Kier molecular flexibility index (Phi) is 5.28. The Morgan fingerprint density at radius 2 is 2.47 bits per heavy atom. The number of amides is 1. The molecule has 0 saturated heterocycles. The van der Waals surface area contributed by atoms with Crippen molar-refractivity contribution in [1.29, 1.82) is 0 Å². The fraction of sp³-hybridized carbons (Fsp3) is 0.400. The molecular weight excluding hydrogens is 260 g/mol. The number of hydrogen-bond acceptors (Lipinski definition) is 3. The van der Waals surface area contributed by atoms with Crippen LogP contribution in [0.2, 0.25) is 0 Å². The molecule has 0 aliphatic rings. The van der Waals surface area contributed by atoms with Crippen molar-refractivity contribution in [2.45, 2.75) is 13.3 Å². The first-order valence-corrected chi connectivity index (χ1v) is 5.51. The van der Waals surface area contributed by atoms with Gasteiger partial charge in [0.25, 0.3) is 0 Å². The van der Waals surface area contributed by atoms with E-state index in [0.717, 1.165) is 4.47 Å². The van der Waals surface area contributed by atoms with Crippen LogP contribution in [0.25, 0.3) is 0 Å². The van der Waals surface area contributed by atoms with E-state index >= 15 is 0 Å². The molecule has 1 heterocycles. The normalized spacial score (nSPS) is 10.0. The third-order valence-electron chi connectivity index (χ3n) is 1.67. The quantitative estimate of drug-likeness (QED) is 0.837. The van der Waals surface area contributed by atoms with Crippen LogP contribution in [0, 0.1) is 0 Å². The summed E-state index contributed by atoms with van der Waals surface area (Å²) in [6, 6.07) is 3.55. The molecule has 0 radical (unpaired) electrons. The molecule has 1 aromatic rings. The molecule has 0 aliphatic carbocycles. The second kappa shape index (κ2) is 6.53. The summed E-state index contributed by atoms with van der Waals surface area (Å²) in [5.41, 5.74) is 0. The first kappa shape index (κ1) is 12.1. The van der Waals surface area contributed by atoms with Gasteiger partial charge in [0.2, 0.25) is 5.91 Å². The fourth-order valence-corrected chi connectivity index (χ4v) is 1.32. The largest absolute Gasteiger partial charge is 0.381 e. The first-order chi connectivity index (χ1) is 7.22. The summed E-state index contributed by atoms with van der Waals surface area (Å²) in [4.78, 5) is 15.4. The smallest absolute Gasteiger partial charge is 0.227 e. The molecule has 15 heavy (non-hydrogen) atoms. The van der Waals surface area contributed by atoms with Gasteiger partial charge in [-0.1, -0.05) is 15.9 Å². The summed E-state index contributed by atoms with van der Waals surface area (Å²) in [6.45, 7) is 2.96. The lowest BCUT2D eigenvalue weighted by Gasteiger charge is -2.04. The summed E-state index contributed by atoms with van der Waals surface area (Å²) in [7, 11) is 0. The van der Waals surface area contributed by atoms with Crippen LogP contribution in [0.15, 0.2) is 22.8 Å². The number of pyridine rings is 1. The van der Waals surface area contributed by atoms with Crippen molar-refractivity contribution in [3.8, 4) is 0 Å². The number of ether oxygens (including phenoxy) is 1. The van der Waals surface area contributed by atoms with E-state index in [9.17, 15) is 4.79 Å². The Balaban J connectivity index is 2.37. The van der Waals surface area contributed by atoms with E-state index < -0.39 is 0 Å². The SMILES string of the molecule is CCOCCC(=O)Nc1cc(Br)ccn1. The maximum absolute atomic E-state index is 11.4. The van der Waals surface area contributed by atoms with Gasteiger partial charge in [0, 0.05) is 17.3 Å². The Morgan fingerprint density at radius 3 is 3.13 bits per heavy atom. The lowest BCUT2D eigenvalue weighted by Crippen LogP contribution is -2.14. The van der Waals surface area contributed by atoms with Gasteiger partial charge < -0.3 is 10.1 Å². The molecule has 4 nitrogen and oxygen atoms in total. The molecule has 0 bridgehead atoms. The molecule has 0 saturated carbocycles. The van der Waals surface area contributed by atoms with Crippen LogP contribution in [0.5, 0.6) is 0 Å². The Bertz CT molecular complexity index is 331. The summed E-state index contributed by atoms with van der Waals surface area (Å²) >= 11 is 3.30. The summed E-state index contributed by atoms with van der Waals surface area (Å²) < 4.78 is 5.96. The molecule has 0 fully saturated rings. The van der Waals surface area contributed by atoms with E-state index in [0.29, 0.717) is 25.5 Å². The van der Waals surface area contributed by atoms with Gasteiger partial charge >= 0.3 is 0 Å². The minimum atomic E-state index is -0.0888. The van der Waals surface area contributed by atoms with Crippen molar-refractivity contribution in [3.05, 3.63) is 22.8 Å². The lowest BCUT2D eigenvalue weighted by molar-refractivity contribution is -0.117. The topological polar surface area (TPSA) is 51.2 Å². The maximum Gasteiger partial charge on any atom is 0.227 e. The molecule has 0 atom stereocenters. The number of nitrogens with zero attached hydrogens (tertiary/aromatic N) is 1. The molecule has 1 amide bonds. The third kappa shape index (κ3) is 4.90. The number of halogens is 1. The van der Waals surface area contributed by atoms with E-state index in [1.165, 1.54) is 0 Å². The van der Waals surface area contributed by atoms with Crippen LogP contribution < -0.4 is 5.32 Å². The number of carbonyl (C=O) groups excluding carboxylic acids is 1. The highest BCUT2D eigenvalue weighted by Gasteiger charge is 2.02. The molecule has 0 aliphatic heterocycles. The summed E-state index contributed by atoms with van der Waals surface area (Å²) in [5, 5.41) is 2.68. The summed E-state index contributed by atoms with van der Waals surface area (Å²) in [5.74, 6) is 0.458. The Hall–Kier alpha value is -0.940. The lowest BCUT2D eigenvalue weighted by atomic mass is 10.4. The van der Waals surface area contributed by atoms with Crippen molar-refractivity contribution < 1.29 is 9.53 Å². The Morgan fingerprint density at radius 1 is 1.67 bits per heavy atom. The minimum absolute atomic E-state index is 0.0888. The monoisotopic (exact) mass is 272 g/mol. The van der Waals surface area contributed by atoms with Crippen LogP contribution >= 0.6 is 15.9 Å². The van der Waals surface area contributed by atoms with E-state index in [2.05, 4.69) is 26.2 Å². The van der Waals surface area contributed by atoms with E-state index in [1.54, 1.807) is 18.3 Å². The first-order valence-electron chi connectivity index (χ1n) is 4.71. The van der Waals surface area contributed by atoms with Gasteiger partial charge in [0.15, 0.2) is 0 Å². The maximum atomic E-state index is 11.4. The van der Waals surface area contributed by atoms with Gasteiger partial charge in [-0.3, -0.25) is 4.79 Å². The van der Waals surface area contributed by atoms with Gasteiger partial charge in [-0.2, -0.15) is 0 Å². The average Bonchev–Trinajstić information content (AvgIpc) is 2.18. The minimum Gasteiger partial charge on any atom is -0.381 e. The zero-order valence-corrected chi connectivity index (χ0v) is 10.1. The molecule has 0 spiro atoms. The molecule has 0 aromatic carbocycles. The van der Waals surface area contributed by atoms with Crippen LogP contribution in [0.1, 0.15) is 13.3 Å². The third-order valence-corrected chi connectivity index (χ3v) is 2.16. The van der Waals surface area contributed by atoms with Crippen molar-refractivity contribution in [2.75, 3.05) is 18.5 Å². The highest BCUT2D eigenvalue weighted by Crippen LogP contribution is 2.12. The fourth-order valence-electron chi connectivity index (χ4n) is 0.988.